The molecule has 154 valence electrons. The molecule has 8 nitrogen and oxygen atoms in total. The number of hydrogen-bond acceptors (Lipinski definition) is 7. The van der Waals surface area contributed by atoms with Crippen LogP contribution in [0, 0.1) is 10.1 Å². The number of nitrogens with one attached hydrogen (secondary N) is 1. The summed E-state index contributed by atoms with van der Waals surface area (Å²) in [4.78, 5) is 25.8. The summed E-state index contributed by atoms with van der Waals surface area (Å²) in [5.41, 5.74) is 0.866. The maximum absolute atomic E-state index is 11.7. The van der Waals surface area contributed by atoms with Crippen molar-refractivity contribution in [2.45, 2.75) is 26.2 Å². The first-order valence-corrected chi connectivity index (χ1v) is 9.50. The molecule has 2 aromatic rings. The molecule has 0 radical (unpaired) electrons. The van der Waals surface area contributed by atoms with Gasteiger partial charge in [0, 0.05) is 18.7 Å². The summed E-state index contributed by atoms with van der Waals surface area (Å²) in [6.45, 7) is 3.60. The second-order valence-electron chi connectivity index (χ2n) is 6.15. The molecule has 0 spiro atoms. The maximum Gasteiger partial charge on any atom is 0.330 e. The monoisotopic (exact) mass is 399 g/mol. The molecule has 0 saturated heterocycles. The van der Waals surface area contributed by atoms with Crippen molar-refractivity contribution in [2.24, 2.45) is 0 Å². The van der Waals surface area contributed by atoms with Gasteiger partial charge in [-0.15, -0.1) is 0 Å². The van der Waals surface area contributed by atoms with Crippen LogP contribution in [0.25, 0.3) is 6.08 Å². The van der Waals surface area contributed by atoms with E-state index in [2.05, 4.69) is 10.3 Å². The van der Waals surface area contributed by atoms with Crippen LogP contribution in [-0.4, -0.2) is 35.6 Å². The number of nitrogens with zero attached hydrogens (tertiary/aromatic N) is 2. The number of benzene rings is 1. The van der Waals surface area contributed by atoms with Gasteiger partial charge in [0.2, 0.25) is 0 Å². The van der Waals surface area contributed by atoms with Crippen molar-refractivity contribution in [1.82, 2.24) is 4.98 Å². The third-order valence-corrected chi connectivity index (χ3v) is 3.93. The molecule has 0 atom stereocenters. The van der Waals surface area contributed by atoms with Crippen molar-refractivity contribution in [1.29, 1.82) is 0 Å². The first kappa shape index (κ1) is 21.9. The quantitative estimate of drug-likeness (QED) is 0.187. The summed E-state index contributed by atoms with van der Waals surface area (Å²) >= 11 is 0. The zero-order valence-corrected chi connectivity index (χ0v) is 16.4. The van der Waals surface area contributed by atoms with Crippen LogP contribution in [0.4, 0.5) is 11.5 Å². The Kier molecular flexibility index (Phi) is 9.14. The highest BCUT2D eigenvalue weighted by molar-refractivity contribution is 5.87. The van der Waals surface area contributed by atoms with Gasteiger partial charge in [-0.2, -0.15) is 0 Å². The molecule has 0 bridgehead atoms. The second kappa shape index (κ2) is 12.1. The van der Waals surface area contributed by atoms with Crippen molar-refractivity contribution < 1.29 is 19.2 Å². The number of rotatable bonds is 12. The van der Waals surface area contributed by atoms with E-state index in [1.165, 1.54) is 18.3 Å². The van der Waals surface area contributed by atoms with Gasteiger partial charge >= 0.3 is 5.97 Å². The Balaban J connectivity index is 1.55. The first-order valence-electron chi connectivity index (χ1n) is 9.50. The number of hydrogen-bond donors (Lipinski definition) is 1. The summed E-state index contributed by atoms with van der Waals surface area (Å²) in [7, 11) is 0. The van der Waals surface area contributed by atoms with Crippen LogP contribution in [0.5, 0.6) is 5.75 Å². The number of pyridine rings is 1. The number of carbonyl (C=O) groups excluding carboxylic acids is 1. The lowest BCUT2D eigenvalue weighted by Crippen LogP contribution is -2.05. The van der Waals surface area contributed by atoms with E-state index in [4.69, 9.17) is 9.47 Å². The van der Waals surface area contributed by atoms with Gasteiger partial charge in [0.05, 0.1) is 18.1 Å². The molecular formula is C21H25N3O5. The molecule has 0 aliphatic rings. The molecular weight excluding hydrogens is 374 g/mol. The summed E-state index contributed by atoms with van der Waals surface area (Å²) < 4.78 is 10.5. The minimum absolute atomic E-state index is 0.0334. The zero-order chi connectivity index (χ0) is 20.9. The first-order chi connectivity index (χ1) is 14.1. The molecule has 2 rings (SSSR count). The topological polar surface area (TPSA) is 104 Å². The van der Waals surface area contributed by atoms with Gasteiger partial charge in [-0.25, -0.2) is 9.78 Å². The van der Waals surface area contributed by atoms with E-state index >= 15 is 0 Å². The fourth-order valence-corrected chi connectivity index (χ4v) is 2.45. The van der Waals surface area contributed by atoms with E-state index in [0.717, 1.165) is 30.6 Å². The van der Waals surface area contributed by atoms with Crippen molar-refractivity contribution in [3.8, 4) is 5.75 Å². The predicted molar refractivity (Wildman–Crippen MR) is 111 cm³/mol. The predicted octanol–water partition coefficient (Wildman–Crippen LogP) is 4.23. The van der Waals surface area contributed by atoms with Crippen LogP contribution in [0.2, 0.25) is 0 Å². The van der Waals surface area contributed by atoms with E-state index in [-0.39, 0.29) is 11.7 Å². The highest BCUT2D eigenvalue weighted by Gasteiger charge is 2.04. The number of unbranched alkanes of at least 4 members (excludes halogenated alkanes) is 2. The van der Waals surface area contributed by atoms with Gasteiger partial charge in [0.1, 0.15) is 17.8 Å². The fraction of sp³-hybridized carbons (Fsp3) is 0.333. The fourth-order valence-electron chi connectivity index (χ4n) is 2.45. The Labute approximate surface area is 169 Å². The van der Waals surface area contributed by atoms with E-state index in [9.17, 15) is 14.9 Å². The maximum atomic E-state index is 11.7. The number of anilines is 1. The van der Waals surface area contributed by atoms with Gasteiger partial charge < -0.3 is 14.8 Å². The Morgan fingerprint density at radius 3 is 2.62 bits per heavy atom. The summed E-state index contributed by atoms with van der Waals surface area (Å²) in [5.74, 6) is 1.03. The minimum atomic E-state index is -0.481. The average Bonchev–Trinajstić information content (AvgIpc) is 2.73. The van der Waals surface area contributed by atoms with Crippen molar-refractivity contribution >= 4 is 23.6 Å². The third-order valence-electron chi connectivity index (χ3n) is 3.93. The molecule has 1 heterocycles. The summed E-state index contributed by atoms with van der Waals surface area (Å²) in [5, 5.41) is 13.7. The Morgan fingerprint density at radius 2 is 1.97 bits per heavy atom. The van der Waals surface area contributed by atoms with Crippen molar-refractivity contribution in [3.63, 3.8) is 0 Å². The lowest BCUT2D eigenvalue weighted by Gasteiger charge is -2.05. The van der Waals surface area contributed by atoms with E-state index in [1.54, 1.807) is 12.1 Å². The molecule has 8 heteroatoms. The zero-order valence-electron chi connectivity index (χ0n) is 16.4. The number of esters is 1. The molecule has 0 aliphatic carbocycles. The highest BCUT2D eigenvalue weighted by Crippen LogP contribution is 2.13. The van der Waals surface area contributed by atoms with Crippen molar-refractivity contribution in [3.05, 3.63) is 64.3 Å². The Morgan fingerprint density at radius 1 is 1.17 bits per heavy atom. The van der Waals surface area contributed by atoms with Gasteiger partial charge in [-0.3, -0.25) is 10.1 Å². The largest absolute Gasteiger partial charge is 0.494 e. The van der Waals surface area contributed by atoms with Crippen LogP contribution >= 0.6 is 0 Å². The van der Waals surface area contributed by atoms with Gasteiger partial charge in [0.15, 0.2) is 0 Å². The normalized spacial score (nSPS) is 10.7. The van der Waals surface area contributed by atoms with Crippen LogP contribution < -0.4 is 10.1 Å². The lowest BCUT2D eigenvalue weighted by atomic mass is 10.2. The molecule has 0 fully saturated rings. The van der Waals surface area contributed by atoms with Gasteiger partial charge in [0.25, 0.3) is 5.69 Å². The number of aromatic nitrogens is 1. The number of carbonyl (C=O) groups is 1. The minimum Gasteiger partial charge on any atom is -0.494 e. The molecule has 29 heavy (non-hydrogen) atoms. The van der Waals surface area contributed by atoms with Crippen LogP contribution in [0.3, 0.4) is 0 Å². The molecule has 0 unspecified atom stereocenters. The highest BCUT2D eigenvalue weighted by atomic mass is 16.6. The Hall–Kier alpha value is -3.42. The van der Waals surface area contributed by atoms with Crippen LogP contribution in [0.15, 0.2) is 48.7 Å². The third kappa shape index (κ3) is 8.42. The summed E-state index contributed by atoms with van der Waals surface area (Å²) in [6.07, 6.45) is 6.87. The average molecular weight is 399 g/mol. The van der Waals surface area contributed by atoms with Gasteiger partial charge in [-0.1, -0.05) is 12.1 Å². The molecule has 0 saturated carbocycles. The second-order valence-corrected chi connectivity index (χ2v) is 6.15. The van der Waals surface area contributed by atoms with E-state index in [1.807, 2.05) is 31.2 Å². The molecule has 1 aromatic heterocycles. The molecule has 0 amide bonds. The van der Waals surface area contributed by atoms with Gasteiger partial charge in [-0.05, 0) is 56.0 Å². The number of nitro groups is 1. The number of ether oxygens (including phenoxy) is 2. The molecule has 0 aliphatic heterocycles. The molecule has 1 N–H and O–H groups in total. The standard InChI is InChI=1S/C21H25N3O5/c1-2-28-19-10-6-17(7-11-19)8-13-21(25)29-15-5-3-4-14-22-20-12-9-18(16-23-20)24(26)27/h6-13,16H,2-5,14-15H2,1H3,(H,22,23)/b13-8+. The SMILES string of the molecule is CCOc1ccc(/C=C/C(=O)OCCCCCNc2ccc([N+](=O)[O-])cn2)cc1. The van der Waals surface area contributed by atoms with E-state index < -0.39 is 4.92 Å². The lowest BCUT2D eigenvalue weighted by molar-refractivity contribution is -0.385. The molecule has 1 aromatic carbocycles. The van der Waals surface area contributed by atoms with Crippen LogP contribution in [-0.2, 0) is 9.53 Å². The summed E-state index contributed by atoms with van der Waals surface area (Å²) in [6, 6.07) is 10.5. The van der Waals surface area contributed by atoms with Crippen LogP contribution in [0.1, 0.15) is 31.7 Å². The smallest absolute Gasteiger partial charge is 0.330 e. The van der Waals surface area contributed by atoms with E-state index in [0.29, 0.717) is 25.6 Å². The van der Waals surface area contributed by atoms with Crippen molar-refractivity contribution in [2.75, 3.05) is 25.1 Å². The Bertz CT molecular complexity index is 804.